The molecule has 0 spiro atoms. The van der Waals surface area contributed by atoms with Crippen LogP contribution in [0.25, 0.3) is 11.1 Å². The lowest BCUT2D eigenvalue weighted by atomic mass is 9.88. The summed E-state index contributed by atoms with van der Waals surface area (Å²) in [7, 11) is 0. The number of nitrogens with zero attached hydrogens (tertiary/aromatic N) is 2. The predicted molar refractivity (Wildman–Crippen MR) is 157 cm³/mol. The van der Waals surface area contributed by atoms with Gasteiger partial charge in [-0.1, -0.05) is 60.6 Å². The van der Waals surface area contributed by atoms with Crippen molar-refractivity contribution in [2.75, 3.05) is 31.1 Å². The number of para-hydroxylation sites is 1. The van der Waals surface area contributed by atoms with Crippen molar-refractivity contribution in [2.24, 2.45) is 0 Å². The van der Waals surface area contributed by atoms with E-state index >= 15 is 0 Å². The number of urea groups is 1. The Morgan fingerprint density at radius 3 is 2.44 bits per heavy atom. The number of hydrogen-bond acceptors (Lipinski definition) is 3. The summed E-state index contributed by atoms with van der Waals surface area (Å²) in [6.07, 6.45) is 5.26. The normalized spacial score (nSPS) is 15.7. The summed E-state index contributed by atoms with van der Waals surface area (Å²) >= 11 is 19.8. The number of halogens is 4. The van der Waals surface area contributed by atoms with Crippen molar-refractivity contribution in [2.45, 2.75) is 45.6 Å². The molecule has 2 amide bonds. The predicted octanol–water partition coefficient (Wildman–Crippen LogP) is 8.63. The van der Waals surface area contributed by atoms with Crippen LogP contribution in [-0.4, -0.2) is 37.2 Å². The van der Waals surface area contributed by atoms with Gasteiger partial charge in [0.2, 0.25) is 0 Å². The monoisotopic (exact) mass is 589 g/mol. The third-order valence-electron chi connectivity index (χ3n) is 7.31. The Bertz CT molecular complexity index is 1360. The van der Waals surface area contributed by atoms with E-state index in [-0.39, 0.29) is 12.6 Å². The first kappa shape index (κ1) is 28.0. The third-order valence-corrected chi connectivity index (χ3v) is 8.24. The highest BCUT2D eigenvalue weighted by atomic mass is 35.5. The van der Waals surface area contributed by atoms with Crippen molar-refractivity contribution in [1.82, 2.24) is 10.2 Å². The summed E-state index contributed by atoms with van der Waals surface area (Å²) < 4.78 is 20.6. The van der Waals surface area contributed by atoms with E-state index in [1.165, 1.54) is 36.3 Å². The van der Waals surface area contributed by atoms with Crippen molar-refractivity contribution in [3.05, 3.63) is 74.5 Å². The van der Waals surface area contributed by atoms with E-state index in [1.54, 1.807) is 24.3 Å². The third kappa shape index (κ3) is 5.85. The number of benzene rings is 3. The Balaban J connectivity index is 1.68. The van der Waals surface area contributed by atoms with Crippen LogP contribution in [0, 0.1) is 5.82 Å². The first-order valence-electron chi connectivity index (χ1n) is 13.4. The van der Waals surface area contributed by atoms with E-state index < -0.39 is 5.82 Å². The summed E-state index contributed by atoms with van der Waals surface area (Å²) in [5.41, 5.74) is 4.33. The number of nitrogens with one attached hydrogen (secondary N) is 1. The first-order chi connectivity index (χ1) is 18.9. The number of hydrogen-bond donors (Lipinski definition) is 1. The molecule has 5 rings (SSSR count). The quantitative estimate of drug-likeness (QED) is 0.286. The molecule has 0 radical (unpaired) electrons. The fraction of sp³-hybridized carbons (Fsp3) is 0.367. The lowest BCUT2D eigenvalue weighted by Gasteiger charge is -2.34. The van der Waals surface area contributed by atoms with Gasteiger partial charge in [-0.2, -0.15) is 0 Å². The number of amides is 2. The zero-order chi connectivity index (χ0) is 27.5. The second-order valence-corrected chi connectivity index (χ2v) is 11.1. The topological polar surface area (TPSA) is 44.8 Å². The van der Waals surface area contributed by atoms with Crippen LogP contribution in [0.3, 0.4) is 0 Å². The van der Waals surface area contributed by atoms with Crippen molar-refractivity contribution in [1.29, 1.82) is 0 Å². The van der Waals surface area contributed by atoms with Crippen molar-refractivity contribution in [3.63, 3.8) is 0 Å². The Kier molecular flexibility index (Phi) is 8.87. The molecule has 0 aliphatic carbocycles. The Hall–Kier alpha value is -2.51. The van der Waals surface area contributed by atoms with Gasteiger partial charge in [-0.3, -0.25) is 9.80 Å². The van der Waals surface area contributed by atoms with Crippen LogP contribution in [0.15, 0.2) is 42.5 Å². The average Bonchev–Trinajstić information content (AvgIpc) is 2.91. The molecule has 0 aromatic heterocycles. The zero-order valence-corrected chi connectivity index (χ0v) is 24.1. The molecule has 0 saturated carbocycles. The van der Waals surface area contributed by atoms with E-state index in [9.17, 15) is 9.18 Å². The molecule has 2 heterocycles. The lowest BCUT2D eigenvalue weighted by Crippen LogP contribution is -2.42. The van der Waals surface area contributed by atoms with Gasteiger partial charge in [-0.05, 0) is 68.2 Å². The highest BCUT2D eigenvalue weighted by molar-refractivity contribution is 6.40. The van der Waals surface area contributed by atoms with Crippen LogP contribution in [0.2, 0.25) is 15.1 Å². The van der Waals surface area contributed by atoms with E-state index in [0.717, 1.165) is 49.2 Å². The van der Waals surface area contributed by atoms with Gasteiger partial charge in [0.25, 0.3) is 0 Å². The van der Waals surface area contributed by atoms with Gasteiger partial charge in [0.15, 0.2) is 0 Å². The van der Waals surface area contributed by atoms with E-state index in [4.69, 9.17) is 39.5 Å². The standard InChI is InChI=1S/C30H31Cl3FN3O2/c1-2-7-21-27(39-15-14-36-12-4-3-5-13-36)17-26-22(28(21)20-11-10-19(34)16-25(20)33)18-35-30(38)37(26)29-23(31)8-6-9-24(29)32/h6,8-11,16-17H,2-5,7,12-15,18H2,1H3,(H,35,38). The highest BCUT2D eigenvalue weighted by Crippen LogP contribution is 2.48. The molecule has 1 saturated heterocycles. The molecule has 2 aliphatic heterocycles. The van der Waals surface area contributed by atoms with Gasteiger partial charge in [0.05, 0.1) is 26.4 Å². The van der Waals surface area contributed by atoms with Gasteiger partial charge in [0, 0.05) is 35.8 Å². The smallest absolute Gasteiger partial charge is 0.326 e. The molecule has 39 heavy (non-hydrogen) atoms. The minimum Gasteiger partial charge on any atom is -0.492 e. The maximum atomic E-state index is 14.1. The maximum absolute atomic E-state index is 14.1. The first-order valence-corrected chi connectivity index (χ1v) is 14.5. The summed E-state index contributed by atoms with van der Waals surface area (Å²) in [5, 5.41) is 3.94. The van der Waals surface area contributed by atoms with Gasteiger partial charge in [-0.15, -0.1) is 0 Å². The van der Waals surface area contributed by atoms with E-state index in [2.05, 4.69) is 17.1 Å². The second kappa shape index (κ2) is 12.3. The van der Waals surface area contributed by atoms with Crippen LogP contribution in [-0.2, 0) is 13.0 Å². The molecule has 206 valence electrons. The minimum atomic E-state index is -0.415. The number of piperidine rings is 1. The fourth-order valence-corrected chi connectivity index (χ4v) is 6.33. The molecular formula is C30H31Cl3FN3O2. The van der Waals surface area contributed by atoms with E-state index in [1.807, 2.05) is 6.07 Å². The van der Waals surface area contributed by atoms with Crippen LogP contribution >= 0.6 is 34.8 Å². The van der Waals surface area contributed by atoms with E-state index in [0.29, 0.717) is 44.4 Å². The summed E-state index contributed by atoms with van der Waals surface area (Å²) in [5.74, 6) is 0.257. The molecule has 2 aliphatic rings. The Morgan fingerprint density at radius 2 is 1.74 bits per heavy atom. The number of ether oxygens (including phenoxy) is 1. The van der Waals surface area contributed by atoms with Crippen LogP contribution in [0.4, 0.5) is 20.6 Å². The molecule has 9 heteroatoms. The lowest BCUT2D eigenvalue weighted by molar-refractivity contribution is 0.183. The zero-order valence-electron chi connectivity index (χ0n) is 21.8. The Labute approximate surface area is 243 Å². The van der Waals surface area contributed by atoms with Crippen LogP contribution < -0.4 is 15.0 Å². The van der Waals surface area contributed by atoms with Crippen molar-refractivity contribution in [3.8, 4) is 16.9 Å². The van der Waals surface area contributed by atoms with Crippen LogP contribution in [0.1, 0.15) is 43.7 Å². The van der Waals surface area contributed by atoms with Crippen molar-refractivity contribution < 1.29 is 13.9 Å². The summed E-state index contributed by atoms with van der Waals surface area (Å²) in [4.78, 5) is 17.3. The van der Waals surface area contributed by atoms with Gasteiger partial charge in [0.1, 0.15) is 18.2 Å². The Morgan fingerprint density at radius 1 is 1.00 bits per heavy atom. The molecule has 3 aromatic carbocycles. The average molecular weight is 591 g/mol. The van der Waals surface area contributed by atoms with Crippen molar-refractivity contribution >= 4 is 52.2 Å². The fourth-order valence-electron chi connectivity index (χ4n) is 5.50. The number of rotatable bonds is 8. The molecular weight excluding hydrogens is 560 g/mol. The minimum absolute atomic E-state index is 0.264. The number of anilines is 2. The number of fused-ring (bicyclic) bond motifs is 1. The maximum Gasteiger partial charge on any atom is 0.326 e. The van der Waals surface area contributed by atoms with Gasteiger partial charge >= 0.3 is 6.03 Å². The number of carbonyl (C=O) groups is 1. The summed E-state index contributed by atoms with van der Waals surface area (Å²) in [6, 6.07) is 11.1. The molecule has 0 bridgehead atoms. The van der Waals surface area contributed by atoms with Gasteiger partial charge < -0.3 is 10.1 Å². The molecule has 3 aromatic rings. The number of carbonyl (C=O) groups excluding carboxylic acids is 1. The second-order valence-electron chi connectivity index (χ2n) is 9.92. The SMILES string of the molecule is CCCc1c(OCCN2CCCCC2)cc2c(c1-c1ccc(F)cc1Cl)CNC(=O)N2c1c(Cl)cccc1Cl. The number of likely N-dealkylation sites (tertiary alicyclic amines) is 1. The highest BCUT2D eigenvalue weighted by Gasteiger charge is 2.33. The van der Waals surface area contributed by atoms with Crippen LogP contribution in [0.5, 0.6) is 5.75 Å². The molecule has 1 fully saturated rings. The molecule has 0 atom stereocenters. The summed E-state index contributed by atoms with van der Waals surface area (Å²) in [6.45, 7) is 5.83. The molecule has 1 N–H and O–H groups in total. The largest absolute Gasteiger partial charge is 0.492 e. The van der Waals surface area contributed by atoms with Gasteiger partial charge in [-0.25, -0.2) is 9.18 Å². The molecule has 0 unspecified atom stereocenters. The molecule has 5 nitrogen and oxygen atoms in total.